The lowest BCUT2D eigenvalue weighted by atomic mass is 10.00. The first-order valence-electron chi connectivity index (χ1n) is 7.46. The molecule has 2 aliphatic rings. The van der Waals surface area contributed by atoms with Gasteiger partial charge in [-0.15, -0.1) is 0 Å². The monoisotopic (exact) mass is 274 g/mol. The molecule has 0 aliphatic carbocycles. The molecule has 2 saturated heterocycles. The van der Waals surface area contributed by atoms with Crippen LogP contribution in [0.2, 0.25) is 0 Å². The predicted molar refractivity (Wildman–Crippen MR) is 78.8 cm³/mol. The molecule has 0 aromatic carbocycles. The van der Waals surface area contributed by atoms with Gasteiger partial charge in [-0.05, 0) is 38.4 Å². The summed E-state index contributed by atoms with van der Waals surface area (Å²) in [6, 6.07) is 6.21. The first-order chi connectivity index (χ1) is 9.72. The molecule has 2 amide bonds. The molecule has 1 N–H and O–H groups in total. The lowest BCUT2D eigenvalue weighted by Crippen LogP contribution is -2.56. The van der Waals surface area contributed by atoms with Gasteiger partial charge in [0, 0.05) is 31.4 Å². The Bertz CT molecular complexity index is 491. The Kier molecular flexibility index (Phi) is 3.87. The molecule has 1 aromatic rings. The van der Waals surface area contributed by atoms with Crippen molar-refractivity contribution in [2.45, 2.75) is 32.2 Å². The molecular formula is C15H22N4O. The van der Waals surface area contributed by atoms with Crippen LogP contribution in [0.5, 0.6) is 0 Å². The minimum Gasteiger partial charge on any atom is -0.322 e. The quantitative estimate of drug-likeness (QED) is 0.853. The molecule has 0 saturated carbocycles. The van der Waals surface area contributed by atoms with E-state index in [0.717, 1.165) is 25.3 Å². The standard InChI is InChI=1S/C15H22N4O/c1-12-5-4-7-14(16-12)17-15(20)19-10-9-18-8-3-2-6-13(18)11-19/h4-5,7,13H,2-3,6,8-11H2,1H3,(H,16,17,20). The molecule has 2 fully saturated rings. The SMILES string of the molecule is Cc1cccc(NC(=O)N2CCN3CCCCC3C2)n1. The number of piperazine rings is 1. The van der Waals surface area contributed by atoms with E-state index in [1.54, 1.807) is 0 Å². The third-order valence-electron chi connectivity index (χ3n) is 4.25. The summed E-state index contributed by atoms with van der Waals surface area (Å²) < 4.78 is 0. The maximum Gasteiger partial charge on any atom is 0.323 e. The second kappa shape index (κ2) is 5.79. The van der Waals surface area contributed by atoms with Gasteiger partial charge in [0.15, 0.2) is 0 Å². The summed E-state index contributed by atoms with van der Waals surface area (Å²) in [5.41, 5.74) is 0.917. The van der Waals surface area contributed by atoms with Crippen molar-refractivity contribution in [2.75, 3.05) is 31.5 Å². The number of fused-ring (bicyclic) bond motifs is 1. The number of piperidine rings is 1. The van der Waals surface area contributed by atoms with Crippen LogP contribution in [-0.4, -0.2) is 53.0 Å². The van der Waals surface area contributed by atoms with Gasteiger partial charge in [-0.3, -0.25) is 10.2 Å². The van der Waals surface area contributed by atoms with Crippen LogP contribution in [0.3, 0.4) is 0 Å². The molecule has 1 aromatic heterocycles. The van der Waals surface area contributed by atoms with Crippen molar-refractivity contribution in [1.29, 1.82) is 0 Å². The molecule has 3 heterocycles. The van der Waals surface area contributed by atoms with E-state index >= 15 is 0 Å². The number of hydrogen-bond donors (Lipinski definition) is 1. The number of urea groups is 1. The average Bonchev–Trinajstić information content (AvgIpc) is 2.47. The van der Waals surface area contributed by atoms with Crippen LogP contribution in [0.1, 0.15) is 25.0 Å². The molecular weight excluding hydrogens is 252 g/mol. The van der Waals surface area contributed by atoms with E-state index in [9.17, 15) is 4.79 Å². The Morgan fingerprint density at radius 2 is 2.20 bits per heavy atom. The molecule has 108 valence electrons. The Labute approximate surface area is 120 Å². The second-order valence-corrected chi connectivity index (χ2v) is 5.73. The van der Waals surface area contributed by atoms with Crippen LogP contribution < -0.4 is 5.32 Å². The highest BCUT2D eigenvalue weighted by molar-refractivity contribution is 5.88. The fourth-order valence-electron chi connectivity index (χ4n) is 3.14. The van der Waals surface area contributed by atoms with Crippen LogP contribution in [0.15, 0.2) is 18.2 Å². The summed E-state index contributed by atoms with van der Waals surface area (Å²) in [5, 5.41) is 2.91. The van der Waals surface area contributed by atoms with E-state index in [1.165, 1.54) is 25.8 Å². The number of nitrogens with one attached hydrogen (secondary N) is 1. The topological polar surface area (TPSA) is 48.5 Å². The van der Waals surface area contributed by atoms with E-state index in [1.807, 2.05) is 30.0 Å². The van der Waals surface area contributed by atoms with Gasteiger partial charge < -0.3 is 4.90 Å². The minimum atomic E-state index is -0.0201. The summed E-state index contributed by atoms with van der Waals surface area (Å²) in [6.45, 7) is 5.78. The summed E-state index contributed by atoms with van der Waals surface area (Å²) in [6.07, 6.45) is 3.80. The highest BCUT2D eigenvalue weighted by Gasteiger charge is 2.30. The van der Waals surface area contributed by atoms with Crippen molar-refractivity contribution in [3.8, 4) is 0 Å². The zero-order valence-corrected chi connectivity index (χ0v) is 12.0. The molecule has 0 radical (unpaired) electrons. The summed E-state index contributed by atoms with van der Waals surface area (Å²) in [5.74, 6) is 0.640. The van der Waals surface area contributed by atoms with Gasteiger partial charge in [-0.2, -0.15) is 0 Å². The molecule has 1 atom stereocenters. The van der Waals surface area contributed by atoms with Crippen LogP contribution in [0, 0.1) is 6.92 Å². The van der Waals surface area contributed by atoms with Crippen LogP contribution in [0.25, 0.3) is 0 Å². The Balaban J connectivity index is 1.60. The van der Waals surface area contributed by atoms with Gasteiger partial charge in [-0.1, -0.05) is 12.5 Å². The van der Waals surface area contributed by atoms with Gasteiger partial charge >= 0.3 is 6.03 Å². The average molecular weight is 274 g/mol. The zero-order chi connectivity index (χ0) is 13.9. The number of aryl methyl sites for hydroxylation is 1. The largest absolute Gasteiger partial charge is 0.323 e. The van der Waals surface area contributed by atoms with Crippen LogP contribution in [0.4, 0.5) is 10.6 Å². The number of nitrogens with zero attached hydrogens (tertiary/aromatic N) is 3. The van der Waals surface area contributed by atoms with Crippen molar-refractivity contribution in [3.63, 3.8) is 0 Å². The van der Waals surface area contributed by atoms with Crippen molar-refractivity contribution in [1.82, 2.24) is 14.8 Å². The first-order valence-corrected chi connectivity index (χ1v) is 7.46. The maximum absolute atomic E-state index is 12.3. The van der Waals surface area contributed by atoms with Gasteiger partial charge in [-0.25, -0.2) is 9.78 Å². The molecule has 20 heavy (non-hydrogen) atoms. The highest BCUT2D eigenvalue weighted by Crippen LogP contribution is 2.21. The van der Waals surface area contributed by atoms with Gasteiger partial charge in [0.2, 0.25) is 0 Å². The van der Waals surface area contributed by atoms with Crippen molar-refractivity contribution in [3.05, 3.63) is 23.9 Å². The number of carbonyl (C=O) groups is 1. The number of hydrogen-bond acceptors (Lipinski definition) is 3. The normalized spacial score (nSPS) is 23.2. The molecule has 2 aliphatic heterocycles. The lowest BCUT2D eigenvalue weighted by Gasteiger charge is -2.43. The molecule has 5 heteroatoms. The predicted octanol–water partition coefficient (Wildman–Crippen LogP) is 2.09. The number of aromatic nitrogens is 1. The van der Waals surface area contributed by atoms with E-state index in [-0.39, 0.29) is 6.03 Å². The summed E-state index contributed by atoms with van der Waals surface area (Å²) >= 11 is 0. The van der Waals surface area contributed by atoms with E-state index in [2.05, 4.69) is 15.2 Å². The third kappa shape index (κ3) is 2.93. The fraction of sp³-hybridized carbons (Fsp3) is 0.600. The van der Waals surface area contributed by atoms with Gasteiger partial charge in [0.05, 0.1) is 0 Å². The Morgan fingerprint density at radius 1 is 1.30 bits per heavy atom. The zero-order valence-electron chi connectivity index (χ0n) is 12.0. The molecule has 3 rings (SSSR count). The number of anilines is 1. The number of amides is 2. The number of pyridine rings is 1. The smallest absolute Gasteiger partial charge is 0.322 e. The van der Waals surface area contributed by atoms with Gasteiger partial charge in [0.1, 0.15) is 5.82 Å². The maximum atomic E-state index is 12.3. The summed E-state index contributed by atoms with van der Waals surface area (Å²) in [4.78, 5) is 21.1. The van der Waals surface area contributed by atoms with Crippen LogP contribution >= 0.6 is 0 Å². The van der Waals surface area contributed by atoms with E-state index in [4.69, 9.17) is 0 Å². The number of carbonyl (C=O) groups excluding carboxylic acids is 1. The Morgan fingerprint density at radius 3 is 3.05 bits per heavy atom. The molecule has 0 spiro atoms. The van der Waals surface area contributed by atoms with E-state index in [0.29, 0.717) is 11.9 Å². The van der Waals surface area contributed by atoms with Crippen molar-refractivity contribution >= 4 is 11.8 Å². The molecule has 1 unspecified atom stereocenters. The number of rotatable bonds is 1. The summed E-state index contributed by atoms with van der Waals surface area (Å²) in [7, 11) is 0. The lowest BCUT2D eigenvalue weighted by molar-refractivity contribution is 0.0678. The van der Waals surface area contributed by atoms with E-state index < -0.39 is 0 Å². The first kappa shape index (κ1) is 13.4. The van der Waals surface area contributed by atoms with Crippen molar-refractivity contribution < 1.29 is 4.79 Å². The van der Waals surface area contributed by atoms with Gasteiger partial charge in [0.25, 0.3) is 0 Å². The fourth-order valence-corrected chi connectivity index (χ4v) is 3.14. The Hall–Kier alpha value is -1.62. The molecule has 5 nitrogen and oxygen atoms in total. The van der Waals surface area contributed by atoms with Crippen molar-refractivity contribution in [2.24, 2.45) is 0 Å². The highest BCUT2D eigenvalue weighted by atomic mass is 16.2. The third-order valence-corrected chi connectivity index (χ3v) is 4.25. The second-order valence-electron chi connectivity index (χ2n) is 5.73. The molecule has 0 bridgehead atoms. The van der Waals surface area contributed by atoms with Crippen LogP contribution in [-0.2, 0) is 0 Å². The minimum absolute atomic E-state index is 0.0201.